The molecule has 0 saturated heterocycles. The molecule has 0 unspecified atom stereocenters. The Morgan fingerprint density at radius 1 is 0.906 bits per heavy atom. The van der Waals surface area contributed by atoms with Gasteiger partial charge in [-0.2, -0.15) is 0 Å². The van der Waals surface area contributed by atoms with Crippen molar-refractivity contribution in [2.75, 3.05) is 7.11 Å². The number of fused-ring (bicyclic) bond motifs is 1. The topological polar surface area (TPSA) is 60.3 Å². The smallest absolute Gasteiger partial charge is 0.337 e. The fourth-order valence-corrected chi connectivity index (χ4v) is 3.91. The molecule has 7 heteroatoms. The SMILES string of the molecule is COC(=O)c1ccc(CNC(=O)c2cc(Cl)cc3ccn(Cc4ccc(Cl)cc4)c23)cc1. The highest BCUT2D eigenvalue weighted by Crippen LogP contribution is 2.26. The van der Waals surface area contributed by atoms with Gasteiger partial charge in [-0.25, -0.2) is 4.79 Å². The first-order chi connectivity index (χ1) is 15.4. The quantitative estimate of drug-likeness (QED) is 0.370. The molecule has 0 atom stereocenters. The lowest BCUT2D eigenvalue weighted by atomic mass is 10.1. The van der Waals surface area contributed by atoms with E-state index in [1.165, 1.54) is 7.11 Å². The third-order valence-electron chi connectivity index (χ3n) is 5.16. The van der Waals surface area contributed by atoms with E-state index in [0.717, 1.165) is 22.0 Å². The number of esters is 1. The molecule has 0 bridgehead atoms. The van der Waals surface area contributed by atoms with Gasteiger partial charge in [0.25, 0.3) is 5.91 Å². The molecule has 0 spiro atoms. The monoisotopic (exact) mass is 466 g/mol. The highest BCUT2D eigenvalue weighted by Gasteiger charge is 2.16. The van der Waals surface area contributed by atoms with Gasteiger partial charge in [-0.3, -0.25) is 4.79 Å². The fraction of sp³-hybridized carbons (Fsp3) is 0.120. The standard InChI is InChI=1S/C25H20Cl2N2O3/c1-32-25(31)18-6-2-16(3-7-18)14-28-24(30)22-13-21(27)12-19-10-11-29(23(19)22)15-17-4-8-20(26)9-5-17/h2-13H,14-15H2,1H3,(H,28,30). The highest BCUT2D eigenvalue weighted by atomic mass is 35.5. The first-order valence-electron chi connectivity index (χ1n) is 9.93. The van der Waals surface area contributed by atoms with Crippen LogP contribution in [-0.4, -0.2) is 23.6 Å². The Kier molecular flexibility index (Phi) is 6.49. The van der Waals surface area contributed by atoms with Crippen LogP contribution in [0.3, 0.4) is 0 Å². The Hall–Kier alpha value is -3.28. The average molecular weight is 467 g/mol. The van der Waals surface area contributed by atoms with E-state index < -0.39 is 5.97 Å². The molecule has 0 radical (unpaired) electrons. The lowest BCUT2D eigenvalue weighted by molar-refractivity contribution is 0.0600. The van der Waals surface area contributed by atoms with Crippen molar-refractivity contribution >= 4 is 46.0 Å². The molecule has 4 aromatic rings. The Bertz CT molecular complexity index is 1280. The summed E-state index contributed by atoms with van der Waals surface area (Å²) >= 11 is 12.3. The molecule has 1 amide bonds. The Morgan fingerprint density at radius 2 is 1.59 bits per heavy atom. The minimum atomic E-state index is -0.400. The first kappa shape index (κ1) is 21.9. The predicted molar refractivity (Wildman–Crippen MR) is 126 cm³/mol. The number of ether oxygens (including phenoxy) is 1. The zero-order valence-electron chi connectivity index (χ0n) is 17.3. The molecule has 32 heavy (non-hydrogen) atoms. The van der Waals surface area contributed by atoms with Gasteiger partial charge in [-0.15, -0.1) is 0 Å². The zero-order valence-corrected chi connectivity index (χ0v) is 18.8. The molecular formula is C25H20Cl2N2O3. The van der Waals surface area contributed by atoms with E-state index in [2.05, 4.69) is 5.32 Å². The maximum Gasteiger partial charge on any atom is 0.337 e. The third kappa shape index (κ3) is 4.79. The van der Waals surface area contributed by atoms with Gasteiger partial charge < -0.3 is 14.6 Å². The van der Waals surface area contributed by atoms with E-state index >= 15 is 0 Å². The van der Waals surface area contributed by atoms with E-state index in [-0.39, 0.29) is 5.91 Å². The Balaban J connectivity index is 1.57. The number of nitrogens with zero attached hydrogens (tertiary/aromatic N) is 1. The molecule has 0 aliphatic heterocycles. The number of carbonyl (C=O) groups excluding carboxylic acids is 2. The molecular weight excluding hydrogens is 447 g/mol. The van der Waals surface area contributed by atoms with E-state index in [1.807, 2.05) is 47.2 Å². The molecule has 1 N–H and O–H groups in total. The number of aromatic nitrogens is 1. The molecule has 4 rings (SSSR count). The van der Waals surface area contributed by atoms with Gasteiger partial charge in [0.15, 0.2) is 0 Å². The Morgan fingerprint density at radius 3 is 2.28 bits per heavy atom. The number of halogens is 2. The van der Waals surface area contributed by atoms with Gasteiger partial charge in [0.2, 0.25) is 0 Å². The van der Waals surface area contributed by atoms with Crippen LogP contribution in [0, 0.1) is 0 Å². The predicted octanol–water partition coefficient (Wildman–Crippen LogP) is 5.71. The fourth-order valence-electron chi connectivity index (χ4n) is 3.56. The molecule has 1 heterocycles. The largest absolute Gasteiger partial charge is 0.465 e. The van der Waals surface area contributed by atoms with Gasteiger partial charge in [-0.05, 0) is 53.6 Å². The number of methoxy groups -OCH3 is 1. The summed E-state index contributed by atoms with van der Waals surface area (Å²) in [6.45, 7) is 0.907. The van der Waals surface area contributed by atoms with Crippen LogP contribution >= 0.6 is 23.2 Å². The van der Waals surface area contributed by atoms with Gasteiger partial charge in [0.05, 0.1) is 23.8 Å². The molecule has 0 aliphatic carbocycles. The van der Waals surface area contributed by atoms with Gasteiger partial charge in [0, 0.05) is 34.7 Å². The van der Waals surface area contributed by atoms with E-state index in [1.54, 1.807) is 30.3 Å². The first-order valence-corrected chi connectivity index (χ1v) is 10.7. The van der Waals surface area contributed by atoms with Crippen LogP contribution in [0.5, 0.6) is 0 Å². The summed E-state index contributed by atoms with van der Waals surface area (Å²) in [5.41, 5.74) is 3.69. The molecule has 0 fully saturated rings. The van der Waals surface area contributed by atoms with Gasteiger partial charge in [-0.1, -0.05) is 47.5 Å². The average Bonchev–Trinajstić information content (AvgIpc) is 3.20. The highest BCUT2D eigenvalue weighted by molar-refractivity contribution is 6.32. The van der Waals surface area contributed by atoms with Crippen molar-refractivity contribution in [3.05, 3.63) is 105 Å². The lowest BCUT2D eigenvalue weighted by Crippen LogP contribution is -2.23. The van der Waals surface area contributed by atoms with Crippen LogP contribution in [0.1, 0.15) is 31.8 Å². The summed E-state index contributed by atoms with van der Waals surface area (Å²) in [5.74, 6) is -0.631. The number of nitrogens with one attached hydrogen (secondary N) is 1. The van der Waals surface area contributed by atoms with Crippen LogP contribution in [0.4, 0.5) is 0 Å². The molecule has 1 aromatic heterocycles. The van der Waals surface area contributed by atoms with Gasteiger partial charge in [0.1, 0.15) is 0 Å². The molecule has 0 saturated carbocycles. The molecule has 162 valence electrons. The third-order valence-corrected chi connectivity index (χ3v) is 5.63. The second kappa shape index (κ2) is 9.47. The maximum atomic E-state index is 13.1. The summed E-state index contributed by atoms with van der Waals surface area (Å²) in [7, 11) is 1.34. The van der Waals surface area contributed by atoms with Crippen molar-refractivity contribution in [2.24, 2.45) is 0 Å². The van der Waals surface area contributed by atoms with E-state index in [4.69, 9.17) is 27.9 Å². The van der Waals surface area contributed by atoms with E-state index in [9.17, 15) is 9.59 Å². The maximum absolute atomic E-state index is 13.1. The van der Waals surface area contributed by atoms with Crippen molar-refractivity contribution < 1.29 is 14.3 Å². The van der Waals surface area contributed by atoms with Crippen LogP contribution in [0.2, 0.25) is 10.0 Å². The number of carbonyl (C=O) groups is 2. The second-order valence-electron chi connectivity index (χ2n) is 7.33. The van der Waals surface area contributed by atoms with Crippen molar-refractivity contribution in [2.45, 2.75) is 13.1 Å². The number of rotatable bonds is 6. The van der Waals surface area contributed by atoms with Crippen molar-refractivity contribution in [3.8, 4) is 0 Å². The molecule has 5 nitrogen and oxygen atoms in total. The van der Waals surface area contributed by atoms with Crippen LogP contribution in [0.25, 0.3) is 10.9 Å². The van der Waals surface area contributed by atoms with Crippen molar-refractivity contribution in [3.63, 3.8) is 0 Å². The zero-order chi connectivity index (χ0) is 22.7. The molecule has 3 aromatic carbocycles. The normalized spacial score (nSPS) is 10.8. The van der Waals surface area contributed by atoms with Crippen LogP contribution < -0.4 is 5.32 Å². The minimum Gasteiger partial charge on any atom is -0.465 e. The second-order valence-corrected chi connectivity index (χ2v) is 8.21. The summed E-state index contributed by atoms with van der Waals surface area (Å²) in [5, 5.41) is 5.00. The number of hydrogen-bond acceptors (Lipinski definition) is 3. The van der Waals surface area contributed by atoms with Crippen molar-refractivity contribution in [1.29, 1.82) is 0 Å². The molecule has 0 aliphatic rings. The Labute approximate surface area is 195 Å². The minimum absolute atomic E-state index is 0.231. The number of hydrogen-bond donors (Lipinski definition) is 1. The van der Waals surface area contributed by atoms with Crippen LogP contribution in [0.15, 0.2) is 72.9 Å². The summed E-state index contributed by atoms with van der Waals surface area (Å²) < 4.78 is 6.73. The van der Waals surface area contributed by atoms with E-state index in [0.29, 0.717) is 34.3 Å². The number of benzene rings is 3. The summed E-state index contributed by atoms with van der Waals surface area (Å²) in [4.78, 5) is 24.7. The van der Waals surface area contributed by atoms with Gasteiger partial charge >= 0.3 is 5.97 Å². The lowest BCUT2D eigenvalue weighted by Gasteiger charge is -2.12. The summed E-state index contributed by atoms with van der Waals surface area (Å²) in [6.07, 6.45) is 1.94. The number of amides is 1. The summed E-state index contributed by atoms with van der Waals surface area (Å²) in [6, 6.07) is 20.0. The van der Waals surface area contributed by atoms with Crippen molar-refractivity contribution in [1.82, 2.24) is 9.88 Å². The van der Waals surface area contributed by atoms with Crippen LogP contribution in [-0.2, 0) is 17.8 Å².